The van der Waals surface area contributed by atoms with Crippen LogP contribution in [0, 0.1) is 0 Å². The molecule has 0 saturated heterocycles. The van der Waals surface area contributed by atoms with E-state index in [4.69, 9.17) is 39.6 Å². The van der Waals surface area contributed by atoms with Gasteiger partial charge in [0.15, 0.2) is 0 Å². The number of nitrogens with zero attached hydrogens (tertiary/aromatic N) is 1. The van der Waals surface area contributed by atoms with Gasteiger partial charge in [0.1, 0.15) is 0 Å². The number of halogens is 6. The summed E-state index contributed by atoms with van der Waals surface area (Å²) in [5.74, 6) is -1.12. The van der Waals surface area contributed by atoms with Gasteiger partial charge in [-0.05, 0) is 41.8 Å². The maximum atomic E-state index is 14.1. The van der Waals surface area contributed by atoms with Crippen molar-refractivity contribution in [3.63, 3.8) is 0 Å². The normalized spacial score (nSPS) is 19.1. The van der Waals surface area contributed by atoms with E-state index in [0.717, 1.165) is 12.1 Å². The molecule has 1 heterocycles. The summed E-state index contributed by atoms with van der Waals surface area (Å²) in [6.07, 6.45) is -5.09. The summed E-state index contributed by atoms with van der Waals surface area (Å²) < 4.78 is 42.2. The van der Waals surface area contributed by atoms with Crippen molar-refractivity contribution in [1.82, 2.24) is 0 Å². The Hall–Kier alpha value is -1.96. The first kappa shape index (κ1) is 21.7. The number of aryl methyl sites for hydroxylation is 1. The lowest BCUT2D eigenvalue weighted by Gasteiger charge is -2.30. The zero-order valence-electron chi connectivity index (χ0n) is 14.8. The minimum atomic E-state index is -4.84. The summed E-state index contributed by atoms with van der Waals surface area (Å²) in [5.41, 5.74) is -2.21. The molecule has 0 bridgehead atoms. The van der Waals surface area contributed by atoms with E-state index in [1.54, 1.807) is 6.92 Å². The molecular formula is C19H13Cl3F3NO3. The highest BCUT2D eigenvalue weighted by Crippen LogP contribution is 2.50. The van der Waals surface area contributed by atoms with E-state index in [1.165, 1.54) is 18.2 Å². The molecule has 0 radical (unpaired) electrons. The third kappa shape index (κ3) is 3.79. The van der Waals surface area contributed by atoms with Crippen LogP contribution in [0.15, 0.2) is 35.5 Å². The molecule has 4 nitrogen and oxygen atoms in total. The summed E-state index contributed by atoms with van der Waals surface area (Å²) in [7, 11) is 0. The molecule has 0 aliphatic carbocycles. The number of hydrogen-bond acceptors (Lipinski definition) is 3. The molecule has 3 rings (SSSR count). The molecule has 0 aromatic heterocycles. The molecule has 0 amide bonds. The number of benzene rings is 2. The number of hydrogen-bond donors (Lipinski definition) is 1. The lowest BCUT2D eigenvalue weighted by Crippen LogP contribution is -2.42. The van der Waals surface area contributed by atoms with Crippen molar-refractivity contribution < 1.29 is 27.9 Å². The number of rotatable bonds is 4. The molecule has 2 aromatic rings. The number of carboxylic acids is 1. The minimum absolute atomic E-state index is 0.0242. The Morgan fingerprint density at radius 2 is 1.83 bits per heavy atom. The highest BCUT2D eigenvalue weighted by molar-refractivity contribution is 6.48. The SMILES string of the molecule is CCc1cc(C2=NOC(c3cc(Cl)c(Cl)c(Cl)c3)(C(F)(F)F)C2)ccc1C(=O)O. The molecule has 1 aliphatic heterocycles. The Morgan fingerprint density at radius 3 is 2.34 bits per heavy atom. The van der Waals surface area contributed by atoms with Crippen LogP contribution in [0.2, 0.25) is 15.1 Å². The van der Waals surface area contributed by atoms with Crippen molar-refractivity contribution in [3.05, 3.63) is 67.7 Å². The van der Waals surface area contributed by atoms with Crippen molar-refractivity contribution in [1.29, 1.82) is 0 Å². The van der Waals surface area contributed by atoms with Gasteiger partial charge in [-0.1, -0.05) is 52.9 Å². The van der Waals surface area contributed by atoms with Gasteiger partial charge in [0.2, 0.25) is 0 Å². The van der Waals surface area contributed by atoms with Gasteiger partial charge < -0.3 is 9.94 Å². The Kier molecular flexibility index (Phi) is 5.77. The lowest BCUT2D eigenvalue weighted by molar-refractivity contribution is -0.275. The van der Waals surface area contributed by atoms with E-state index < -0.39 is 24.2 Å². The number of oxime groups is 1. The standard InChI is InChI=1S/C19H13Cl3F3NO3/c1-2-9-5-10(3-4-12(9)17(27)28)15-8-18(29-26-15,19(23,24)25)11-6-13(20)16(22)14(21)7-11/h3-7H,2,8H2,1H3,(H,27,28). The number of alkyl halides is 3. The molecule has 154 valence electrons. The molecule has 10 heteroatoms. The van der Waals surface area contributed by atoms with Gasteiger partial charge in [-0.25, -0.2) is 4.79 Å². The highest BCUT2D eigenvalue weighted by atomic mass is 35.5. The molecule has 1 N–H and O–H groups in total. The topological polar surface area (TPSA) is 58.9 Å². The molecule has 1 unspecified atom stereocenters. The minimum Gasteiger partial charge on any atom is -0.478 e. The lowest BCUT2D eigenvalue weighted by atomic mass is 9.86. The van der Waals surface area contributed by atoms with Gasteiger partial charge in [-0.15, -0.1) is 0 Å². The van der Waals surface area contributed by atoms with Crippen LogP contribution in [-0.2, 0) is 16.9 Å². The predicted molar refractivity (Wildman–Crippen MR) is 104 cm³/mol. The first-order valence-electron chi connectivity index (χ1n) is 8.33. The smallest absolute Gasteiger partial charge is 0.435 e. The Balaban J connectivity index is 2.05. The molecule has 0 saturated carbocycles. The van der Waals surface area contributed by atoms with Crippen LogP contribution in [0.3, 0.4) is 0 Å². The maximum Gasteiger partial charge on any atom is 0.435 e. The van der Waals surface area contributed by atoms with Crippen LogP contribution in [0.5, 0.6) is 0 Å². The zero-order valence-corrected chi connectivity index (χ0v) is 17.0. The number of carbonyl (C=O) groups is 1. The van der Waals surface area contributed by atoms with E-state index in [2.05, 4.69) is 5.16 Å². The van der Waals surface area contributed by atoms with Gasteiger partial charge in [-0.2, -0.15) is 13.2 Å². The van der Waals surface area contributed by atoms with Crippen LogP contribution in [0.4, 0.5) is 13.2 Å². The summed E-state index contributed by atoms with van der Waals surface area (Å²) in [6.45, 7) is 1.75. The van der Waals surface area contributed by atoms with Gasteiger partial charge in [-0.3, -0.25) is 0 Å². The van der Waals surface area contributed by atoms with Gasteiger partial charge in [0, 0.05) is 12.0 Å². The summed E-state index contributed by atoms with van der Waals surface area (Å²) in [5, 5.41) is 12.5. The van der Waals surface area contributed by atoms with E-state index >= 15 is 0 Å². The van der Waals surface area contributed by atoms with Crippen LogP contribution in [-0.4, -0.2) is 23.0 Å². The number of carboxylic acid groups (broad SMARTS) is 1. The molecule has 1 aliphatic rings. The zero-order chi connectivity index (χ0) is 21.6. The Bertz CT molecular complexity index is 1000. The quantitative estimate of drug-likeness (QED) is 0.524. The summed E-state index contributed by atoms with van der Waals surface area (Å²) in [4.78, 5) is 16.2. The average Bonchev–Trinajstić information content (AvgIpc) is 3.12. The van der Waals surface area contributed by atoms with E-state index in [0.29, 0.717) is 17.5 Å². The van der Waals surface area contributed by atoms with Gasteiger partial charge in [0.25, 0.3) is 5.60 Å². The second-order valence-corrected chi connectivity index (χ2v) is 7.61. The monoisotopic (exact) mass is 465 g/mol. The first-order valence-corrected chi connectivity index (χ1v) is 9.47. The van der Waals surface area contributed by atoms with Crippen LogP contribution in [0.25, 0.3) is 0 Å². The third-order valence-corrected chi connectivity index (χ3v) is 5.88. The fraction of sp³-hybridized carbons (Fsp3) is 0.263. The van der Waals surface area contributed by atoms with Crippen LogP contribution in [0.1, 0.15) is 40.4 Å². The van der Waals surface area contributed by atoms with Crippen LogP contribution >= 0.6 is 34.8 Å². The summed E-state index contributed by atoms with van der Waals surface area (Å²) >= 11 is 17.7. The molecule has 1 atom stereocenters. The fourth-order valence-electron chi connectivity index (χ4n) is 3.12. The van der Waals surface area contributed by atoms with Crippen molar-refractivity contribution in [2.24, 2.45) is 5.16 Å². The van der Waals surface area contributed by atoms with E-state index in [9.17, 15) is 23.1 Å². The van der Waals surface area contributed by atoms with Crippen molar-refractivity contribution in [3.8, 4) is 0 Å². The van der Waals surface area contributed by atoms with E-state index in [1.807, 2.05) is 0 Å². The van der Waals surface area contributed by atoms with Gasteiger partial charge >= 0.3 is 12.1 Å². The van der Waals surface area contributed by atoms with Crippen molar-refractivity contribution in [2.45, 2.75) is 31.5 Å². The second-order valence-electron chi connectivity index (χ2n) is 6.42. The predicted octanol–water partition coefficient (Wildman–Crippen LogP) is 6.49. The Morgan fingerprint density at radius 1 is 1.21 bits per heavy atom. The van der Waals surface area contributed by atoms with E-state index in [-0.39, 0.29) is 31.9 Å². The van der Waals surface area contributed by atoms with Gasteiger partial charge in [0.05, 0.1) is 26.3 Å². The fourth-order valence-corrected chi connectivity index (χ4v) is 3.72. The molecule has 2 aromatic carbocycles. The second kappa shape index (κ2) is 7.70. The summed E-state index contributed by atoms with van der Waals surface area (Å²) in [6, 6.07) is 6.33. The maximum absolute atomic E-state index is 14.1. The molecule has 0 spiro atoms. The Labute approximate surface area is 178 Å². The largest absolute Gasteiger partial charge is 0.478 e. The highest BCUT2D eigenvalue weighted by Gasteiger charge is 2.62. The molecule has 0 fully saturated rings. The van der Waals surface area contributed by atoms with Crippen molar-refractivity contribution in [2.75, 3.05) is 0 Å². The third-order valence-electron chi connectivity index (χ3n) is 4.69. The first-order chi connectivity index (χ1) is 13.5. The molecular weight excluding hydrogens is 454 g/mol. The average molecular weight is 467 g/mol. The molecule has 29 heavy (non-hydrogen) atoms. The number of aromatic carboxylic acids is 1. The van der Waals surface area contributed by atoms with Crippen molar-refractivity contribution >= 4 is 46.5 Å². The van der Waals surface area contributed by atoms with Crippen LogP contribution < -0.4 is 0 Å².